The van der Waals surface area contributed by atoms with E-state index in [1.54, 1.807) is 30.6 Å². The number of rotatable bonds is 5. The average Bonchev–Trinajstić information content (AvgIpc) is 2.60. The number of fused-ring (bicyclic) bond motifs is 1. The Morgan fingerprint density at radius 3 is 2.61 bits per heavy atom. The van der Waals surface area contributed by atoms with Crippen molar-refractivity contribution in [2.75, 3.05) is 6.54 Å². The Kier molecular flexibility index (Phi) is 4.41. The number of nitrogens with zero attached hydrogens (tertiary/aromatic N) is 1. The van der Waals surface area contributed by atoms with Crippen LogP contribution >= 0.6 is 0 Å². The van der Waals surface area contributed by atoms with Gasteiger partial charge in [0.05, 0.1) is 4.90 Å². The predicted molar refractivity (Wildman–Crippen MR) is 91.8 cm³/mol. The van der Waals surface area contributed by atoms with Crippen LogP contribution in [0.4, 0.5) is 0 Å². The highest BCUT2D eigenvalue weighted by Gasteiger charge is 2.18. The molecule has 1 heterocycles. The second-order valence-electron chi connectivity index (χ2n) is 5.52. The van der Waals surface area contributed by atoms with Gasteiger partial charge in [0, 0.05) is 29.7 Å². The van der Waals surface area contributed by atoms with Gasteiger partial charge in [0.25, 0.3) is 0 Å². The fraction of sp³-hybridized carbons (Fsp3) is 0.167. The van der Waals surface area contributed by atoms with Crippen LogP contribution in [0.25, 0.3) is 10.8 Å². The normalized spacial score (nSPS) is 13.1. The van der Waals surface area contributed by atoms with E-state index in [2.05, 4.69) is 9.71 Å². The summed E-state index contributed by atoms with van der Waals surface area (Å²) in [5, 5.41) is 1.49. The zero-order valence-corrected chi connectivity index (χ0v) is 13.6. The van der Waals surface area contributed by atoms with Gasteiger partial charge in [-0.15, -0.1) is 0 Å². The van der Waals surface area contributed by atoms with E-state index in [4.69, 9.17) is 0 Å². The molecule has 23 heavy (non-hydrogen) atoms. The molecule has 0 aliphatic rings. The quantitative estimate of drug-likeness (QED) is 0.782. The van der Waals surface area contributed by atoms with Crippen LogP contribution in [0.5, 0.6) is 0 Å². The van der Waals surface area contributed by atoms with Crippen molar-refractivity contribution >= 4 is 20.8 Å². The summed E-state index contributed by atoms with van der Waals surface area (Å²) in [5.74, 6) is 0.0996. The molecule has 118 valence electrons. The molecule has 0 aliphatic carbocycles. The Balaban J connectivity index is 1.84. The third-order valence-corrected chi connectivity index (χ3v) is 5.36. The molecule has 0 spiro atoms. The van der Waals surface area contributed by atoms with Crippen LogP contribution in [0.2, 0.25) is 0 Å². The summed E-state index contributed by atoms with van der Waals surface area (Å²) in [7, 11) is -3.57. The van der Waals surface area contributed by atoms with Crippen molar-refractivity contribution in [2.24, 2.45) is 0 Å². The molecule has 0 saturated heterocycles. The van der Waals surface area contributed by atoms with Gasteiger partial charge in [-0.25, -0.2) is 13.1 Å². The van der Waals surface area contributed by atoms with Crippen molar-refractivity contribution in [3.63, 3.8) is 0 Å². The average molecular weight is 326 g/mol. The van der Waals surface area contributed by atoms with Crippen LogP contribution in [0.15, 0.2) is 71.9 Å². The molecule has 0 aliphatic heterocycles. The van der Waals surface area contributed by atoms with E-state index < -0.39 is 10.0 Å². The monoisotopic (exact) mass is 326 g/mol. The zero-order chi connectivity index (χ0) is 16.3. The smallest absolute Gasteiger partial charge is 0.241 e. The van der Waals surface area contributed by atoms with E-state index in [1.165, 1.54) is 0 Å². The molecule has 2 aromatic carbocycles. The maximum atomic E-state index is 12.7. The lowest BCUT2D eigenvalue weighted by molar-refractivity contribution is 0.576. The molecule has 4 nitrogen and oxygen atoms in total. The number of benzene rings is 2. The summed E-state index contributed by atoms with van der Waals surface area (Å²) in [6.45, 7) is 2.36. The van der Waals surface area contributed by atoms with E-state index in [1.807, 2.05) is 43.3 Å². The van der Waals surface area contributed by atoms with Crippen LogP contribution in [-0.2, 0) is 10.0 Å². The van der Waals surface area contributed by atoms with Crippen LogP contribution in [0.1, 0.15) is 18.4 Å². The Hall–Kier alpha value is -2.24. The Morgan fingerprint density at radius 2 is 1.83 bits per heavy atom. The minimum atomic E-state index is -3.57. The molecule has 0 bridgehead atoms. The molecule has 1 unspecified atom stereocenters. The highest BCUT2D eigenvalue weighted by molar-refractivity contribution is 7.89. The number of hydrogen-bond acceptors (Lipinski definition) is 3. The summed E-state index contributed by atoms with van der Waals surface area (Å²) in [5.41, 5.74) is 1.11. The van der Waals surface area contributed by atoms with Gasteiger partial charge in [-0.2, -0.15) is 0 Å². The molecular formula is C18H18N2O2S. The first-order valence-electron chi connectivity index (χ1n) is 7.45. The van der Waals surface area contributed by atoms with E-state index in [-0.39, 0.29) is 10.8 Å². The van der Waals surface area contributed by atoms with Gasteiger partial charge in [-0.1, -0.05) is 49.4 Å². The highest BCUT2D eigenvalue weighted by Crippen LogP contribution is 2.22. The maximum absolute atomic E-state index is 12.7. The molecule has 1 atom stereocenters. The third-order valence-electron chi connectivity index (χ3n) is 3.88. The topological polar surface area (TPSA) is 59.1 Å². The lowest BCUT2D eigenvalue weighted by Gasteiger charge is -2.14. The van der Waals surface area contributed by atoms with Crippen LogP contribution in [-0.4, -0.2) is 19.9 Å². The van der Waals surface area contributed by atoms with Crippen molar-refractivity contribution < 1.29 is 8.42 Å². The van der Waals surface area contributed by atoms with Crippen molar-refractivity contribution in [1.29, 1.82) is 0 Å². The molecule has 3 rings (SSSR count). The Labute approximate surface area is 136 Å². The first-order valence-corrected chi connectivity index (χ1v) is 8.93. The molecule has 0 fully saturated rings. The largest absolute Gasteiger partial charge is 0.264 e. The molecule has 1 N–H and O–H groups in total. The van der Waals surface area contributed by atoms with Gasteiger partial charge in [-0.3, -0.25) is 4.98 Å². The molecule has 0 saturated carbocycles. The van der Waals surface area contributed by atoms with Crippen molar-refractivity contribution in [2.45, 2.75) is 17.7 Å². The first-order chi connectivity index (χ1) is 11.1. The fourth-order valence-corrected chi connectivity index (χ4v) is 3.90. The Morgan fingerprint density at radius 1 is 1.04 bits per heavy atom. The summed E-state index contributed by atoms with van der Waals surface area (Å²) in [4.78, 5) is 4.32. The summed E-state index contributed by atoms with van der Waals surface area (Å²) in [6.07, 6.45) is 3.27. The van der Waals surface area contributed by atoms with E-state index in [0.717, 1.165) is 10.9 Å². The molecule has 0 amide bonds. The predicted octanol–water partition coefficient (Wildman–Crippen LogP) is 3.32. The summed E-state index contributed by atoms with van der Waals surface area (Å²) >= 11 is 0. The van der Waals surface area contributed by atoms with Gasteiger partial charge in [-0.05, 0) is 23.6 Å². The van der Waals surface area contributed by atoms with Crippen LogP contribution in [0, 0.1) is 0 Å². The van der Waals surface area contributed by atoms with Gasteiger partial charge < -0.3 is 0 Å². The lowest BCUT2D eigenvalue weighted by atomic mass is 10.0. The number of aromatic nitrogens is 1. The van der Waals surface area contributed by atoms with E-state index in [9.17, 15) is 8.42 Å². The van der Waals surface area contributed by atoms with Gasteiger partial charge in [0.15, 0.2) is 0 Å². The first kappa shape index (κ1) is 15.6. The molecule has 0 radical (unpaired) electrons. The minimum absolute atomic E-state index is 0.0996. The van der Waals surface area contributed by atoms with Crippen molar-refractivity contribution in [1.82, 2.24) is 9.71 Å². The maximum Gasteiger partial charge on any atom is 0.241 e. The summed E-state index contributed by atoms with van der Waals surface area (Å²) < 4.78 is 28.0. The molecule has 3 aromatic rings. The fourth-order valence-electron chi connectivity index (χ4n) is 2.54. The molecule has 5 heteroatoms. The van der Waals surface area contributed by atoms with E-state index in [0.29, 0.717) is 11.9 Å². The number of sulfonamides is 1. The van der Waals surface area contributed by atoms with Gasteiger partial charge >= 0.3 is 0 Å². The van der Waals surface area contributed by atoms with Crippen LogP contribution < -0.4 is 4.72 Å². The van der Waals surface area contributed by atoms with Crippen LogP contribution in [0.3, 0.4) is 0 Å². The Bertz CT molecular complexity index is 903. The van der Waals surface area contributed by atoms with Gasteiger partial charge in [0.1, 0.15) is 0 Å². The lowest BCUT2D eigenvalue weighted by Crippen LogP contribution is -2.27. The van der Waals surface area contributed by atoms with E-state index >= 15 is 0 Å². The third kappa shape index (κ3) is 3.41. The molecular weight excluding hydrogens is 308 g/mol. The zero-order valence-electron chi connectivity index (χ0n) is 12.8. The number of pyridine rings is 1. The van der Waals surface area contributed by atoms with Gasteiger partial charge in [0.2, 0.25) is 10.0 Å². The summed E-state index contributed by atoms with van der Waals surface area (Å²) in [6, 6.07) is 16.8. The van der Waals surface area contributed by atoms with Crippen molar-refractivity contribution in [3.8, 4) is 0 Å². The minimum Gasteiger partial charge on any atom is -0.264 e. The van der Waals surface area contributed by atoms with Crippen molar-refractivity contribution in [3.05, 3.63) is 72.6 Å². The SMILES string of the molecule is CC(CNS(=O)(=O)c1cccc2cnccc12)c1ccccc1. The second-order valence-corrected chi connectivity index (χ2v) is 7.25. The second kappa shape index (κ2) is 6.48. The molecule has 1 aromatic heterocycles. The number of nitrogens with one attached hydrogen (secondary N) is 1. The number of hydrogen-bond donors (Lipinski definition) is 1. The standard InChI is InChI=1S/C18H18N2O2S/c1-14(15-6-3-2-4-7-15)12-20-23(21,22)18-9-5-8-16-13-19-11-10-17(16)18/h2-11,13-14,20H,12H2,1H3. The highest BCUT2D eigenvalue weighted by atomic mass is 32.2.